The van der Waals surface area contributed by atoms with Crippen molar-refractivity contribution in [2.24, 2.45) is 0 Å². The van der Waals surface area contributed by atoms with E-state index in [-0.39, 0.29) is 18.5 Å². The lowest BCUT2D eigenvalue weighted by atomic mass is 10.1. The third-order valence-electron chi connectivity index (χ3n) is 5.11. The van der Waals surface area contributed by atoms with Gasteiger partial charge in [0, 0.05) is 25.7 Å². The number of carbonyl (C=O) groups is 1. The molecule has 1 amide bonds. The van der Waals surface area contributed by atoms with Crippen LogP contribution in [0, 0.1) is 0 Å². The Hall–Kier alpha value is -2.22. The summed E-state index contributed by atoms with van der Waals surface area (Å²) in [5.41, 5.74) is 2.17. The monoisotopic (exact) mass is 415 g/mol. The highest BCUT2D eigenvalue weighted by molar-refractivity contribution is 7.86. The number of hydrogen-bond donors (Lipinski definition) is 1. The van der Waals surface area contributed by atoms with Gasteiger partial charge in [0.05, 0.1) is 6.54 Å². The summed E-state index contributed by atoms with van der Waals surface area (Å²) in [6.07, 6.45) is 2.39. The van der Waals surface area contributed by atoms with E-state index in [1.807, 2.05) is 55.5 Å². The summed E-state index contributed by atoms with van der Waals surface area (Å²) in [6, 6.07) is 19.6. The Balaban J connectivity index is 1.52. The number of nitrogens with one attached hydrogen (secondary N) is 1. The van der Waals surface area contributed by atoms with Gasteiger partial charge in [-0.15, -0.1) is 0 Å². The first kappa shape index (κ1) is 21.5. The standard InChI is InChI=1S/C22H29N3O3S/c1-19(13-14-20-9-4-2-5-10-20)23-22(26)18-25-16-8-15-24(29(25,27)28)17-21-11-6-3-7-12-21/h2-7,9-12,19H,8,13-18H2,1H3,(H,23,26)/t19-/m0/s1. The zero-order valence-corrected chi connectivity index (χ0v) is 17.6. The van der Waals surface area contributed by atoms with Crippen molar-refractivity contribution in [3.05, 3.63) is 71.8 Å². The van der Waals surface area contributed by atoms with Crippen LogP contribution in [0.5, 0.6) is 0 Å². The highest BCUT2D eigenvalue weighted by Gasteiger charge is 2.34. The molecule has 1 aliphatic heterocycles. The average molecular weight is 416 g/mol. The second kappa shape index (κ2) is 10.0. The van der Waals surface area contributed by atoms with E-state index >= 15 is 0 Å². The highest BCUT2D eigenvalue weighted by Crippen LogP contribution is 2.19. The summed E-state index contributed by atoms with van der Waals surface area (Å²) in [5, 5.41) is 2.94. The van der Waals surface area contributed by atoms with Crippen molar-refractivity contribution in [1.29, 1.82) is 0 Å². The number of rotatable bonds is 8. The summed E-state index contributed by atoms with van der Waals surface area (Å²) in [6.45, 7) is 2.99. The van der Waals surface area contributed by atoms with Gasteiger partial charge in [0.15, 0.2) is 0 Å². The van der Waals surface area contributed by atoms with E-state index in [0.29, 0.717) is 26.1 Å². The molecule has 0 radical (unpaired) electrons. The minimum atomic E-state index is -3.64. The van der Waals surface area contributed by atoms with Crippen molar-refractivity contribution in [3.63, 3.8) is 0 Å². The minimum Gasteiger partial charge on any atom is -0.352 e. The fraction of sp³-hybridized carbons (Fsp3) is 0.409. The molecule has 3 rings (SSSR count). The number of nitrogens with zero attached hydrogens (tertiary/aromatic N) is 2. The van der Waals surface area contributed by atoms with Crippen LogP contribution in [0.25, 0.3) is 0 Å². The van der Waals surface area contributed by atoms with Crippen LogP contribution in [0.1, 0.15) is 30.9 Å². The largest absolute Gasteiger partial charge is 0.352 e. The third-order valence-corrected chi connectivity index (χ3v) is 7.03. The first-order valence-electron chi connectivity index (χ1n) is 10.1. The first-order chi connectivity index (χ1) is 13.9. The Morgan fingerprint density at radius 1 is 0.966 bits per heavy atom. The molecular formula is C22H29N3O3S. The van der Waals surface area contributed by atoms with Gasteiger partial charge in [-0.1, -0.05) is 60.7 Å². The summed E-state index contributed by atoms with van der Waals surface area (Å²) < 4.78 is 28.6. The van der Waals surface area contributed by atoms with Gasteiger partial charge in [-0.25, -0.2) is 0 Å². The Morgan fingerprint density at radius 2 is 1.55 bits per heavy atom. The molecular weight excluding hydrogens is 386 g/mol. The SMILES string of the molecule is C[C@@H](CCc1ccccc1)NC(=O)CN1CCCN(Cc2ccccc2)S1(=O)=O. The van der Waals surface area contributed by atoms with Gasteiger partial charge < -0.3 is 5.32 Å². The van der Waals surface area contributed by atoms with Crippen molar-refractivity contribution >= 4 is 16.1 Å². The Bertz CT molecular complexity index is 888. The highest BCUT2D eigenvalue weighted by atomic mass is 32.2. The smallest absolute Gasteiger partial charge is 0.282 e. The molecule has 156 valence electrons. The van der Waals surface area contributed by atoms with Crippen LogP contribution in [0.4, 0.5) is 0 Å². The molecule has 0 aromatic heterocycles. The van der Waals surface area contributed by atoms with Gasteiger partial charge in [0.25, 0.3) is 10.2 Å². The van der Waals surface area contributed by atoms with Crippen molar-refractivity contribution in [3.8, 4) is 0 Å². The van der Waals surface area contributed by atoms with Gasteiger partial charge in [-0.3, -0.25) is 4.79 Å². The molecule has 1 atom stereocenters. The fourth-order valence-corrected chi connectivity index (χ4v) is 5.15. The summed E-state index contributed by atoms with van der Waals surface area (Å²) >= 11 is 0. The fourth-order valence-electron chi connectivity index (χ4n) is 3.51. The Kier molecular flexibility index (Phi) is 7.41. The zero-order valence-electron chi connectivity index (χ0n) is 16.8. The van der Waals surface area contributed by atoms with Crippen LogP contribution in [-0.2, 0) is 28.0 Å². The lowest BCUT2D eigenvalue weighted by Crippen LogP contribution is -2.52. The van der Waals surface area contributed by atoms with Crippen molar-refractivity contribution in [2.45, 2.75) is 38.8 Å². The van der Waals surface area contributed by atoms with Crippen LogP contribution in [-0.4, -0.2) is 48.6 Å². The lowest BCUT2D eigenvalue weighted by molar-refractivity contribution is -0.122. The number of carbonyl (C=O) groups excluding carboxylic acids is 1. The van der Waals surface area contributed by atoms with Gasteiger partial charge in [0.1, 0.15) is 0 Å². The topological polar surface area (TPSA) is 69.7 Å². The molecule has 0 aliphatic carbocycles. The third kappa shape index (κ3) is 6.13. The summed E-state index contributed by atoms with van der Waals surface area (Å²) in [4.78, 5) is 12.5. The average Bonchev–Trinajstić information content (AvgIpc) is 2.71. The van der Waals surface area contributed by atoms with Crippen LogP contribution in [0.3, 0.4) is 0 Å². The van der Waals surface area contributed by atoms with Crippen molar-refractivity contribution < 1.29 is 13.2 Å². The van der Waals surface area contributed by atoms with Gasteiger partial charge in [-0.05, 0) is 37.3 Å². The molecule has 7 heteroatoms. The summed E-state index contributed by atoms with van der Waals surface area (Å²) in [5.74, 6) is -0.254. The quantitative estimate of drug-likeness (QED) is 0.720. The van der Waals surface area contributed by atoms with E-state index < -0.39 is 10.2 Å². The predicted molar refractivity (Wildman–Crippen MR) is 114 cm³/mol. The molecule has 29 heavy (non-hydrogen) atoms. The lowest BCUT2D eigenvalue weighted by Gasteiger charge is -2.34. The van der Waals surface area contributed by atoms with Crippen molar-refractivity contribution in [2.75, 3.05) is 19.6 Å². The van der Waals surface area contributed by atoms with Gasteiger partial charge >= 0.3 is 0 Å². The molecule has 2 aromatic carbocycles. The van der Waals surface area contributed by atoms with Crippen LogP contribution in [0.2, 0.25) is 0 Å². The van der Waals surface area contributed by atoms with Crippen LogP contribution in [0.15, 0.2) is 60.7 Å². The van der Waals surface area contributed by atoms with Gasteiger partial charge in [-0.2, -0.15) is 17.0 Å². The van der Waals surface area contributed by atoms with E-state index in [9.17, 15) is 13.2 Å². The molecule has 1 N–H and O–H groups in total. The molecule has 1 saturated heterocycles. The van der Waals surface area contributed by atoms with E-state index in [4.69, 9.17) is 0 Å². The summed E-state index contributed by atoms with van der Waals surface area (Å²) in [7, 11) is -3.64. The van der Waals surface area contributed by atoms with Crippen molar-refractivity contribution in [1.82, 2.24) is 13.9 Å². The van der Waals surface area contributed by atoms with E-state index in [2.05, 4.69) is 17.4 Å². The normalized spacial score (nSPS) is 18.2. The molecule has 0 spiro atoms. The molecule has 6 nitrogen and oxygen atoms in total. The molecule has 0 bridgehead atoms. The molecule has 1 heterocycles. The first-order valence-corrected chi connectivity index (χ1v) is 11.5. The number of aryl methyl sites for hydroxylation is 1. The Labute approximate surface area is 173 Å². The van der Waals surface area contributed by atoms with Crippen LogP contribution < -0.4 is 5.32 Å². The maximum atomic E-state index is 12.9. The number of benzene rings is 2. The molecule has 1 aliphatic rings. The van der Waals surface area contributed by atoms with E-state index in [0.717, 1.165) is 18.4 Å². The second-order valence-electron chi connectivity index (χ2n) is 7.51. The minimum absolute atomic E-state index is 0.0179. The molecule has 0 unspecified atom stereocenters. The second-order valence-corrected chi connectivity index (χ2v) is 9.44. The van der Waals surface area contributed by atoms with E-state index in [1.165, 1.54) is 14.2 Å². The Morgan fingerprint density at radius 3 is 2.21 bits per heavy atom. The zero-order chi connectivity index (χ0) is 20.7. The predicted octanol–water partition coefficient (Wildman–Crippen LogP) is 2.58. The maximum Gasteiger partial charge on any atom is 0.282 e. The van der Waals surface area contributed by atoms with Gasteiger partial charge in [0.2, 0.25) is 5.91 Å². The van der Waals surface area contributed by atoms with E-state index in [1.54, 1.807) is 0 Å². The number of amides is 1. The maximum absolute atomic E-state index is 12.9. The number of hydrogen-bond acceptors (Lipinski definition) is 3. The molecule has 1 fully saturated rings. The molecule has 2 aromatic rings. The molecule has 0 saturated carbocycles. The van der Waals surface area contributed by atoms with Crippen LogP contribution >= 0.6 is 0 Å².